The summed E-state index contributed by atoms with van der Waals surface area (Å²) in [7, 11) is 0. The predicted molar refractivity (Wildman–Crippen MR) is 101 cm³/mol. The fourth-order valence-electron chi connectivity index (χ4n) is 4.42. The molecule has 1 amide bonds. The summed E-state index contributed by atoms with van der Waals surface area (Å²) in [5.74, 6) is 0.349. The number of benzene rings is 1. The monoisotopic (exact) mass is 377 g/mol. The Morgan fingerprint density at radius 2 is 2.04 bits per heavy atom. The molecule has 142 valence electrons. The number of rotatable bonds is 3. The number of amides is 1. The Morgan fingerprint density at radius 1 is 1.21 bits per heavy atom. The van der Waals surface area contributed by atoms with Crippen molar-refractivity contribution in [1.29, 1.82) is 0 Å². The third kappa shape index (κ3) is 2.61. The third-order valence-corrected chi connectivity index (χ3v) is 5.76. The maximum absolute atomic E-state index is 13.2. The highest BCUT2D eigenvalue weighted by Crippen LogP contribution is 2.44. The lowest BCUT2D eigenvalue weighted by molar-refractivity contribution is 0.0631. The van der Waals surface area contributed by atoms with Gasteiger partial charge in [0.15, 0.2) is 5.82 Å². The second-order valence-electron chi connectivity index (χ2n) is 7.30. The van der Waals surface area contributed by atoms with Gasteiger partial charge in [-0.05, 0) is 50.1 Å². The molecule has 4 heterocycles. The Balaban J connectivity index is 1.49. The van der Waals surface area contributed by atoms with Crippen molar-refractivity contribution in [2.45, 2.75) is 44.8 Å². The van der Waals surface area contributed by atoms with E-state index in [1.807, 2.05) is 18.0 Å². The smallest absolute Gasteiger partial charge is 0.272 e. The molecule has 1 aromatic carbocycles. The molecule has 2 atom stereocenters. The van der Waals surface area contributed by atoms with E-state index in [2.05, 4.69) is 10.1 Å². The molecule has 7 heteroatoms. The number of carbonyl (C=O) groups excluding carboxylic acids is 1. The highest BCUT2D eigenvalue weighted by atomic mass is 19.1. The molecule has 2 aliphatic rings. The molecule has 0 radical (unpaired) electrons. The molecule has 5 rings (SSSR count). The zero-order valence-electron chi connectivity index (χ0n) is 15.5. The molecule has 2 aliphatic heterocycles. The lowest BCUT2D eigenvalue weighted by atomic mass is 9.98. The summed E-state index contributed by atoms with van der Waals surface area (Å²) in [6.07, 6.45) is 6.11. The zero-order valence-corrected chi connectivity index (χ0v) is 15.5. The summed E-state index contributed by atoms with van der Waals surface area (Å²) in [4.78, 5) is 24.5. The molecular formula is C21H20FN5O. The van der Waals surface area contributed by atoms with Crippen molar-refractivity contribution in [2.75, 3.05) is 0 Å². The van der Waals surface area contributed by atoms with Crippen LogP contribution in [0.4, 0.5) is 4.39 Å². The molecule has 3 aromatic rings. The van der Waals surface area contributed by atoms with Gasteiger partial charge in [0.2, 0.25) is 0 Å². The van der Waals surface area contributed by atoms with Crippen LogP contribution in [0.3, 0.4) is 0 Å². The standard InChI is InChI=1S/C21H20FN5O/c1-2-26-19(9-10-24-26)21(28)27-15-7-8-18(27)16-12-23-20(25-17(16)11-15)13-3-5-14(22)6-4-13/h3-6,9-10,12,15,18H,2,7-8,11H2,1H3/t15-,18+/m0/s1. The van der Waals surface area contributed by atoms with Crippen LogP contribution in [0.15, 0.2) is 42.7 Å². The summed E-state index contributed by atoms with van der Waals surface area (Å²) in [5.41, 5.74) is 3.44. The number of nitrogens with zero attached hydrogens (tertiary/aromatic N) is 5. The molecule has 2 bridgehead atoms. The van der Waals surface area contributed by atoms with Crippen molar-refractivity contribution in [1.82, 2.24) is 24.6 Å². The van der Waals surface area contributed by atoms with Crippen LogP contribution in [0.2, 0.25) is 0 Å². The topological polar surface area (TPSA) is 63.9 Å². The van der Waals surface area contributed by atoms with Gasteiger partial charge in [-0.25, -0.2) is 14.4 Å². The van der Waals surface area contributed by atoms with E-state index >= 15 is 0 Å². The number of aryl methyl sites for hydroxylation is 1. The Bertz CT molecular complexity index is 1050. The number of carbonyl (C=O) groups is 1. The number of halogens is 1. The molecule has 0 saturated carbocycles. The van der Waals surface area contributed by atoms with Gasteiger partial charge in [-0.3, -0.25) is 9.48 Å². The van der Waals surface area contributed by atoms with Crippen molar-refractivity contribution < 1.29 is 9.18 Å². The number of aromatic nitrogens is 4. The first kappa shape index (κ1) is 17.0. The first-order valence-electron chi connectivity index (χ1n) is 9.62. The Morgan fingerprint density at radius 3 is 2.82 bits per heavy atom. The van der Waals surface area contributed by atoms with Gasteiger partial charge >= 0.3 is 0 Å². The van der Waals surface area contributed by atoms with Gasteiger partial charge in [-0.2, -0.15) is 5.10 Å². The number of hydrogen-bond acceptors (Lipinski definition) is 4. The maximum Gasteiger partial charge on any atom is 0.272 e. The summed E-state index contributed by atoms with van der Waals surface area (Å²) >= 11 is 0. The normalized spacial score (nSPS) is 20.3. The first-order chi connectivity index (χ1) is 13.7. The fourth-order valence-corrected chi connectivity index (χ4v) is 4.42. The molecule has 0 unspecified atom stereocenters. The van der Waals surface area contributed by atoms with E-state index in [1.165, 1.54) is 12.1 Å². The van der Waals surface area contributed by atoms with Crippen LogP contribution in [-0.4, -0.2) is 36.6 Å². The van der Waals surface area contributed by atoms with Crippen molar-refractivity contribution in [3.8, 4) is 11.4 Å². The minimum atomic E-state index is -0.278. The largest absolute Gasteiger partial charge is 0.327 e. The summed E-state index contributed by atoms with van der Waals surface area (Å²) < 4.78 is 14.9. The Labute approximate surface area is 162 Å². The molecule has 0 N–H and O–H groups in total. The van der Waals surface area contributed by atoms with E-state index in [1.54, 1.807) is 29.1 Å². The zero-order chi connectivity index (χ0) is 19.3. The SMILES string of the molecule is CCn1nccc1C(=O)N1[C@H]2CC[C@@H]1c1cnc(-c3ccc(F)cc3)nc1C2. The minimum absolute atomic E-state index is 0.00345. The molecule has 1 saturated heterocycles. The molecule has 28 heavy (non-hydrogen) atoms. The van der Waals surface area contributed by atoms with Gasteiger partial charge in [0.05, 0.1) is 11.7 Å². The van der Waals surface area contributed by atoms with Gasteiger partial charge < -0.3 is 4.90 Å². The van der Waals surface area contributed by atoms with Crippen molar-refractivity contribution >= 4 is 5.91 Å². The Hall–Kier alpha value is -3.09. The molecule has 1 fully saturated rings. The third-order valence-electron chi connectivity index (χ3n) is 5.76. The lowest BCUT2D eigenvalue weighted by Gasteiger charge is -2.35. The quantitative estimate of drug-likeness (QED) is 0.702. The molecule has 0 aliphatic carbocycles. The van der Waals surface area contributed by atoms with Crippen LogP contribution >= 0.6 is 0 Å². The van der Waals surface area contributed by atoms with Gasteiger partial charge in [0, 0.05) is 42.5 Å². The van der Waals surface area contributed by atoms with Crippen LogP contribution < -0.4 is 0 Å². The molecule has 6 nitrogen and oxygen atoms in total. The number of fused-ring (bicyclic) bond motifs is 4. The van der Waals surface area contributed by atoms with Crippen LogP contribution in [0.25, 0.3) is 11.4 Å². The van der Waals surface area contributed by atoms with Crippen LogP contribution in [0, 0.1) is 5.82 Å². The first-order valence-corrected chi connectivity index (χ1v) is 9.62. The van der Waals surface area contributed by atoms with E-state index < -0.39 is 0 Å². The number of hydrogen-bond donors (Lipinski definition) is 0. The van der Waals surface area contributed by atoms with E-state index in [0.717, 1.165) is 29.7 Å². The van der Waals surface area contributed by atoms with E-state index in [9.17, 15) is 9.18 Å². The van der Waals surface area contributed by atoms with E-state index in [-0.39, 0.29) is 23.8 Å². The molecular weight excluding hydrogens is 357 g/mol. The second kappa shape index (κ2) is 6.51. The average Bonchev–Trinajstić information content (AvgIpc) is 3.31. The summed E-state index contributed by atoms with van der Waals surface area (Å²) in [6.45, 7) is 2.65. The Kier molecular flexibility index (Phi) is 3.96. The van der Waals surface area contributed by atoms with Crippen LogP contribution in [0.1, 0.15) is 47.6 Å². The lowest BCUT2D eigenvalue weighted by Crippen LogP contribution is -2.43. The van der Waals surface area contributed by atoms with E-state index in [4.69, 9.17) is 4.98 Å². The maximum atomic E-state index is 13.2. The minimum Gasteiger partial charge on any atom is -0.327 e. The molecule has 2 aromatic heterocycles. The summed E-state index contributed by atoms with van der Waals surface area (Å²) in [6, 6.07) is 8.14. The highest BCUT2D eigenvalue weighted by molar-refractivity contribution is 5.93. The molecule has 0 spiro atoms. The van der Waals surface area contributed by atoms with Gasteiger partial charge in [-0.15, -0.1) is 0 Å². The van der Waals surface area contributed by atoms with Crippen LogP contribution in [0.5, 0.6) is 0 Å². The fraction of sp³-hybridized carbons (Fsp3) is 0.333. The predicted octanol–water partition coefficient (Wildman–Crippen LogP) is 3.40. The second-order valence-corrected chi connectivity index (χ2v) is 7.30. The van der Waals surface area contributed by atoms with Gasteiger partial charge in [0.25, 0.3) is 5.91 Å². The van der Waals surface area contributed by atoms with Gasteiger partial charge in [0.1, 0.15) is 11.5 Å². The van der Waals surface area contributed by atoms with Crippen LogP contribution in [-0.2, 0) is 13.0 Å². The average molecular weight is 377 g/mol. The van der Waals surface area contributed by atoms with Crippen molar-refractivity contribution in [2.24, 2.45) is 0 Å². The van der Waals surface area contributed by atoms with Crippen molar-refractivity contribution in [3.05, 3.63) is 65.5 Å². The summed E-state index contributed by atoms with van der Waals surface area (Å²) in [5, 5.41) is 4.23. The van der Waals surface area contributed by atoms with Gasteiger partial charge in [-0.1, -0.05) is 0 Å². The highest BCUT2D eigenvalue weighted by Gasteiger charge is 2.44. The van der Waals surface area contributed by atoms with E-state index in [0.29, 0.717) is 24.5 Å². The van der Waals surface area contributed by atoms with Crippen molar-refractivity contribution in [3.63, 3.8) is 0 Å².